The molecule has 0 aliphatic carbocycles. The van der Waals surface area contributed by atoms with Crippen molar-refractivity contribution in [3.05, 3.63) is 106 Å². The summed E-state index contributed by atoms with van der Waals surface area (Å²) in [5.41, 5.74) is 5.84. The van der Waals surface area contributed by atoms with Crippen molar-refractivity contribution in [2.45, 2.75) is 31.7 Å². The van der Waals surface area contributed by atoms with Crippen molar-refractivity contribution in [3.63, 3.8) is 0 Å². The molecule has 3 heterocycles. The van der Waals surface area contributed by atoms with Crippen molar-refractivity contribution in [2.24, 2.45) is 0 Å². The lowest BCUT2D eigenvalue weighted by Gasteiger charge is -2.26. The van der Waals surface area contributed by atoms with E-state index < -0.39 is 0 Å². The molecule has 192 valence electrons. The Balaban J connectivity index is 1.21. The van der Waals surface area contributed by atoms with Gasteiger partial charge in [-0.2, -0.15) is 5.10 Å². The maximum absolute atomic E-state index is 15.3. The number of aromatic nitrogens is 2. The molecular formula is C32H31FN4O. The zero-order chi connectivity index (χ0) is 25.9. The van der Waals surface area contributed by atoms with Gasteiger partial charge in [-0.15, -0.1) is 0 Å². The normalized spacial score (nSPS) is 19.6. The fourth-order valence-electron chi connectivity index (χ4n) is 5.53. The van der Waals surface area contributed by atoms with Crippen LogP contribution in [0.2, 0.25) is 0 Å². The Bertz CT molecular complexity index is 1500. The molecule has 2 aliphatic heterocycles. The van der Waals surface area contributed by atoms with Crippen molar-refractivity contribution in [1.82, 2.24) is 20.4 Å². The number of carbonyl (C=O) groups is 1. The van der Waals surface area contributed by atoms with Gasteiger partial charge in [-0.1, -0.05) is 67.1 Å². The highest BCUT2D eigenvalue weighted by molar-refractivity contribution is 6.02. The van der Waals surface area contributed by atoms with E-state index in [9.17, 15) is 4.79 Å². The first-order valence-electron chi connectivity index (χ1n) is 13.4. The second-order valence-corrected chi connectivity index (χ2v) is 10.2. The molecule has 1 amide bonds. The number of H-pyrrole nitrogens is 1. The van der Waals surface area contributed by atoms with Gasteiger partial charge in [0.1, 0.15) is 5.82 Å². The predicted octanol–water partition coefficient (Wildman–Crippen LogP) is 6.16. The third-order valence-corrected chi connectivity index (χ3v) is 7.56. The van der Waals surface area contributed by atoms with Gasteiger partial charge in [0.05, 0.1) is 16.6 Å². The quantitative estimate of drug-likeness (QED) is 0.308. The van der Waals surface area contributed by atoms with Crippen molar-refractivity contribution in [3.8, 4) is 0 Å². The van der Waals surface area contributed by atoms with Gasteiger partial charge in [-0.3, -0.25) is 14.8 Å². The lowest BCUT2D eigenvalue weighted by molar-refractivity contribution is -0.116. The van der Waals surface area contributed by atoms with E-state index >= 15 is 4.39 Å². The van der Waals surface area contributed by atoms with Gasteiger partial charge in [0.2, 0.25) is 5.91 Å². The molecule has 1 unspecified atom stereocenters. The summed E-state index contributed by atoms with van der Waals surface area (Å²) in [7, 11) is 0. The van der Waals surface area contributed by atoms with E-state index in [1.807, 2.05) is 48.6 Å². The molecule has 6 rings (SSSR count). The summed E-state index contributed by atoms with van der Waals surface area (Å²) in [6, 6.07) is 21.8. The Labute approximate surface area is 222 Å². The third-order valence-electron chi connectivity index (χ3n) is 7.56. The number of likely N-dealkylation sites (tertiary alicyclic amines) is 1. The molecule has 0 radical (unpaired) electrons. The van der Waals surface area contributed by atoms with E-state index in [4.69, 9.17) is 0 Å². The molecule has 1 atom stereocenters. The molecule has 6 heteroatoms. The molecule has 0 saturated carbocycles. The second kappa shape index (κ2) is 10.8. The van der Waals surface area contributed by atoms with Gasteiger partial charge in [-0.05, 0) is 72.5 Å². The zero-order valence-electron chi connectivity index (χ0n) is 21.3. The van der Waals surface area contributed by atoms with Gasteiger partial charge >= 0.3 is 0 Å². The first-order valence-corrected chi connectivity index (χ1v) is 13.4. The number of nitrogens with one attached hydrogen (secondary N) is 2. The fraction of sp³-hybridized carbons (Fsp3) is 0.250. The summed E-state index contributed by atoms with van der Waals surface area (Å²) in [6.07, 6.45) is 9.51. The van der Waals surface area contributed by atoms with Crippen molar-refractivity contribution in [2.75, 3.05) is 19.6 Å². The first kappa shape index (κ1) is 24.3. The monoisotopic (exact) mass is 506 g/mol. The number of hydrogen-bond acceptors (Lipinski definition) is 3. The first-order chi connectivity index (χ1) is 18.6. The van der Waals surface area contributed by atoms with Gasteiger partial charge in [0.15, 0.2) is 0 Å². The number of nitrogens with zero attached hydrogens (tertiary/aromatic N) is 2. The van der Waals surface area contributed by atoms with Crippen LogP contribution in [0.5, 0.6) is 0 Å². The molecule has 2 fully saturated rings. The van der Waals surface area contributed by atoms with Crippen LogP contribution in [0.3, 0.4) is 0 Å². The molecule has 38 heavy (non-hydrogen) atoms. The number of rotatable bonds is 6. The molecule has 0 spiro atoms. The minimum atomic E-state index is -0.366. The topological polar surface area (TPSA) is 61.0 Å². The average Bonchev–Trinajstić information content (AvgIpc) is 3.53. The zero-order valence-corrected chi connectivity index (χ0v) is 21.3. The Morgan fingerprint density at radius 2 is 1.74 bits per heavy atom. The summed E-state index contributed by atoms with van der Waals surface area (Å²) in [6.45, 7) is 3.89. The van der Waals surface area contributed by atoms with Crippen LogP contribution in [0, 0.1) is 5.82 Å². The number of halogens is 1. The summed E-state index contributed by atoms with van der Waals surface area (Å²) >= 11 is 0. The largest absolute Gasteiger partial charge is 0.351 e. The van der Waals surface area contributed by atoms with E-state index in [2.05, 4.69) is 44.7 Å². The van der Waals surface area contributed by atoms with Crippen LogP contribution < -0.4 is 5.32 Å². The predicted molar refractivity (Wildman–Crippen MR) is 151 cm³/mol. The molecule has 2 saturated heterocycles. The molecule has 3 aromatic carbocycles. The highest BCUT2D eigenvalue weighted by Crippen LogP contribution is 2.31. The van der Waals surface area contributed by atoms with Crippen LogP contribution in [-0.2, 0) is 11.3 Å². The Hall–Kier alpha value is -4.03. The van der Waals surface area contributed by atoms with E-state index in [-0.39, 0.29) is 17.6 Å². The molecule has 4 aromatic rings. The molecular weight excluding hydrogens is 475 g/mol. The lowest BCUT2D eigenvalue weighted by atomic mass is 9.92. The molecule has 2 N–H and O–H groups in total. The van der Waals surface area contributed by atoms with E-state index in [1.54, 1.807) is 6.08 Å². The number of aromatic amines is 1. The molecule has 0 bridgehead atoms. The van der Waals surface area contributed by atoms with Crippen molar-refractivity contribution >= 4 is 35.0 Å². The Kier molecular flexibility index (Phi) is 6.88. The van der Waals surface area contributed by atoms with Crippen molar-refractivity contribution < 1.29 is 9.18 Å². The summed E-state index contributed by atoms with van der Waals surface area (Å²) in [5, 5.41) is 10.7. The maximum Gasteiger partial charge on any atom is 0.247 e. The van der Waals surface area contributed by atoms with Gasteiger partial charge in [0, 0.05) is 24.6 Å². The number of amides is 1. The van der Waals surface area contributed by atoms with E-state index in [0.29, 0.717) is 34.3 Å². The van der Waals surface area contributed by atoms with Crippen LogP contribution in [0.15, 0.2) is 72.3 Å². The van der Waals surface area contributed by atoms with E-state index in [1.165, 1.54) is 44.0 Å². The van der Waals surface area contributed by atoms with Crippen LogP contribution in [0.25, 0.3) is 29.1 Å². The second-order valence-electron chi connectivity index (χ2n) is 10.2. The highest BCUT2D eigenvalue weighted by Gasteiger charge is 2.29. The molecule has 5 nitrogen and oxygen atoms in total. The van der Waals surface area contributed by atoms with Gasteiger partial charge < -0.3 is 5.32 Å². The Morgan fingerprint density at radius 3 is 2.53 bits per heavy atom. The number of benzene rings is 3. The van der Waals surface area contributed by atoms with Crippen LogP contribution in [-0.4, -0.2) is 40.6 Å². The molecule has 1 aromatic heterocycles. The Morgan fingerprint density at radius 1 is 0.947 bits per heavy atom. The van der Waals surface area contributed by atoms with Gasteiger partial charge in [-0.25, -0.2) is 4.39 Å². The van der Waals surface area contributed by atoms with Crippen LogP contribution >= 0.6 is 0 Å². The minimum Gasteiger partial charge on any atom is -0.351 e. The maximum atomic E-state index is 15.3. The van der Waals surface area contributed by atoms with Crippen molar-refractivity contribution in [1.29, 1.82) is 0 Å². The third kappa shape index (κ3) is 5.18. The van der Waals surface area contributed by atoms with Gasteiger partial charge in [0.25, 0.3) is 0 Å². The summed E-state index contributed by atoms with van der Waals surface area (Å²) in [5.74, 6) is -0.544. The highest BCUT2D eigenvalue weighted by atomic mass is 19.1. The standard InChI is InChI=1S/C32H31FN4O/c33-28-18-24(17-26-27(20-34-32(26)38)25-7-3-1-4-8-25)19-30-31(28)29(35-36-30)14-13-22-9-11-23(12-10-22)21-37-15-5-2-6-16-37/h1,3-4,7-14,17-19,27H,2,5-6,15-16,20-21H2,(H,34,38)(H,35,36)/b14-13+,26-17?. The van der Waals surface area contributed by atoms with Crippen LogP contribution in [0.1, 0.15) is 53.1 Å². The summed E-state index contributed by atoms with van der Waals surface area (Å²) < 4.78 is 15.3. The average molecular weight is 507 g/mol. The number of hydrogen-bond donors (Lipinski definition) is 2. The number of fused-ring (bicyclic) bond motifs is 1. The SMILES string of the molecule is O=C1NCC(c2ccccc2)C1=Cc1cc(F)c2c(/C=C/c3ccc(CN4CCCCC4)cc3)n[nH]c2c1. The minimum absolute atomic E-state index is 0.0611. The summed E-state index contributed by atoms with van der Waals surface area (Å²) in [4.78, 5) is 15.1. The molecule has 2 aliphatic rings. The fourth-order valence-corrected chi connectivity index (χ4v) is 5.53. The van der Waals surface area contributed by atoms with Crippen LogP contribution in [0.4, 0.5) is 4.39 Å². The number of piperidine rings is 1. The smallest absolute Gasteiger partial charge is 0.247 e. The lowest BCUT2D eigenvalue weighted by Crippen LogP contribution is -2.28. The number of carbonyl (C=O) groups excluding carboxylic acids is 1. The van der Waals surface area contributed by atoms with E-state index in [0.717, 1.165) is 17.7 Å².